The lowest BCUT2D eigenvalue weighted by Gasteiger charge is -2.37. The van der Waals surface area contributed by atoms with Gasteiger partial charge in [-0.1, -0.05) is 37.1 Å². The highest BCUT2D eigenvalue weighted by molar-refractivity contribution is 7.92. The molecule has 1 fully saturated rings. The molecule has 5 nitrogen and oxygen atoms in total. The zero-order valence-electron chi connectivity index (χ0n) is 17.9. The summed E-state index contributed by atoms with van der Waals surface area (Å²) >= 11 is 0. The van der Waals surface area contributed by atoms with Crippen molar-refractivity contribution in [3.8, 4) is 0 Å². The summed E-state index contributed by atoms with van der Waals surface area (Å²) in [6, 6.07) is 6.70. The van der Waals surface area contributed by atoms with Gasteiger partial charge in [-0.25, -0.2) is 12.8 Å². The number of alkyl halides is 6. The Hall–Kier alpha value is -2.67. The zero-order chi connectivity index (χ0) is 26.3. The maximum atomic E-state index is 13.8. The van der Waals surface area contributed by atoms with Gasteiger partial charge in [-0.3, -0.25) is 4.79 Å². The molecule has 2 N–H and O–H groups in total. The molecule has 0 unspecified atom stereocenters. The summed E-state index contributed by atoms with van der Waals surface area (Å²) in [5.74, 6) is -2.23. The lowest BCUT2D eigenvalue weighted by atomic mass is 9.88. The Kier molecular flexibility index (Phi) is 6.99. The van der Waals surface area contributed by atoms with E-state index in [9.17, 15) is 43.9 Å². The maximum Gasteiger partial charge on any atom is 0.430 e. The summed E-state index contributed by atoms with van der Waals surface area (Å²) < 4.78 is 126. The number of amides is 1. The molecule has 1 amide bonds. The highest BCUT2D eigenvalue weighted by Gasteiger charge is 2.73. The fourth-order valence-corrected chi connectivity index (χ4v) is 6.64. The average molecular weight is 527 g/mol. The van der Waals surface area contributed by atoms with Gasteiger partial charge in [-0.05, 0) is 42.7 Å². The fraction of sp³-hybridized carbons (Fsp3) is 0.409. The number of benzene rings is 2. The number of hydrogen-bond acceptors (Lipinski definition) is 4. The minimum absolute atomic E-state index is 0.0174. The third-order valence-corrected chi connectivity index (χ3v) is 8.66. The molecule has 35 heavy (non-hydrogen) atoms. The van der Waals surface area contributed by atoms with Gasteiger partial charge in [0.25, 0.3) is 5.60 Å². The van der Waals surface area contributed by atoms with Crippen molar-refractivity contribution in [1.82, 2.24) is 0 Å². The molecule has 1 saturated carbocycles. The summed E-state index contributed by atoms with van der Waals surface area (Å²) in [6.07, 6.45) is -11.1. The van der Waals surface area contributed by atoms with Gasteiger partial charge in [0.2, 0.25) is 5.91 Å². The lowest BCUT2D eigenvalue weighted by molar-refractivity contribution is -0.387. The van der Waals surface area contributed by atoms with E-state index >= 15 is 0 Å². The van der Waals surface area contributed by atoms with Crippen molar-refractivity contribution in [2.24, 2.45) is 5.73 Å². The van der Waals surface area contributed by atoms with Gasteiger partial charge in [-0.2, -0.15) is 26.3 Å². The van der Waals surface area contributed by atoms with Crippen molar-refractivity contribution in [1.29, 1.82) is 0 Å². The first-order chi connectivity index (χ1) is 16.1. The number of halogens is 7. The summed E-state index contributed by atoms with van der Waals surface area (Å²) in [4.78, 5) is 10.7. The van der Waals surface area contributed by atoms with Crippen LogP contribution in [0.3, 0.4) is 0 Å². The van der Waals surface area contributed by atoms with Crippen LogP contribution in [0.4, 0.5) is 30.7 Å². The molecule has 2 aromatic rings. The normalized spacial score (nSPS) is 16.9. The molecule has 1 aliphatic carbocycles. The van der Waals surface area contributed by atoms with Crippen molar-refractivity contribution in [2.45, 2.75) is 53.3 Å². The van der Waals surface area contributed by atoms with Crippen molar-refractivity contribution in [2.75, 3.05) is 6.61 Å². The molecule has 2 aromatic carbocycles. The first-order valence-electron chi connectivity index (χ1n) is 10.3. The van der Waals surface area contributed by atoms with Crippen LogP contribution >= 0.6 is 0 Å². The number of nitrogens with two attached hydrogens (primary N) is 1. The molecular formula is C22H20F7NO4S. The highest BCUT2D eigenvalue weighted by Crippen LogP contribution is 2.54. The van der Waals surface area contributed by atoms with Gasteiger partial charge in [0, 0.05) is 5.56 Å². The van der Waals surface area contributed by atoms with Crippen LogP contribution in [0.1, 0.15) is 36.8 Å². The molecule has 0 saturated heterocycles. The van der Waals surface area contributed by atoms with Crippen LogP contribution in [-0.2, 0) is 29.7 Å². The molecule has 0 aromatic heterocycles. The number of rotatable bonds is 7. The van der Waals surface area contributed by atoms with Crippen molar-refractivity contribution in [3.63, 3.8) is 0 Å². The maximum absolute atomic E-state index is 13.8. The Balaban J connectivity index is 2.15. The van der Waals surface area contributed by atoms with Crippen LogP contribution in [0.25, 0.3) is 0 Å². The zero-order valence-corrected chi connectivity index (χ0v) is 18.7. The first kappa shape index (κ1) is 26.9. The minimum atomic E-state index is -6.03. The van der Waals surface area contributed by atoms with E-state index in [2.05, 4.69) is 4.74 Å². The lowest BCUT2D eigenvalue weighted by Crippen LogP contribution is -2.56. The van der Waals surface area contributed by atoms with Crippen LogP contribution in [0.5, 0.6) is 0 Å². The van der Waals surface area contributed by atoms with Crippen molar-refractivity contribution < 1.29 is 48.7 Å². The summed E-state index contributed by atoms with van der Waals surface area (Å²) in [6.45, 7) is -1.66. The monoisotopic (exact) mass is 527 g/mol. The molecule has 0 aliphatic heterocycles. The van der Waals surface area contributed by atoms with E-state index in [4.69, 9.17) is 5.73 Å². The van der Waals surface area contributed by atoms with Crippen molar-refractivity contribution in [3.05, 3.63) is 65.5 Å². The number of hydrogen-bond donors (Lipinski definition) is 1. The standard InChI is InChI=1S/C22H20F7NO4S/c23-16-7-9-17(10-8-16)35(32,33)19(11-1-2-12-19)14-3-5-15(6-4-14)20(21(24,25)26,22(27,28)29)34-13-18(30)31/h3-10H,1-2,11-13H2,(H2,30,31). The fourth-order valence-electron chi connectivity index (χ4n) is 4.42. The Bertz CT molecular complexity index is 1150. The van der Waals surface area contributed by atoms with Gasteiger partial charge in [0.05, 0.1) is 4.90 Å². The van der Waals surface area contributed by atoms with E-state index in [1.807, 2.05) is 0 Å². The van der Waals surface area contributed by atoms with Gasteiger partial charge < -0.3 is 10.5 Å². The van der Waals surface area contributed by atoms with Crippen LogP contribution in [0.15, 0.2) is 53.4 Å². The van der Waals surface area contributed by atoms with Gasteiger partial charge >= 0.3 is 12.4 Å². The van der Waals surface area contributed by atoms with E-state index in [-0.39, 0.29) is 23.3 Å². The SMILES string of the molecule is NC(=O)COC(c1ccc(C2(S(=O)(=O)c3ccc(F)cc3)CCCC2)cc1)(C(F)(F)F)C(F)(F)F. The molecule has 13 heteroatoms. The molecule has 0 atom stereocenters. The molecule has 1 aliphatic rings. The number of carbonyl (C=O) groups excluding carboxylic acids is 1. The predicted molar refractivity (Wildman–Crippen MR) is 109 cm³/mol. The minimum Gasteiger partial charge on any atom is -0.368 e. The van der Waals surface area contributed by atoms with Gasteiger partial charge in [0.15, 0.2) is 9.84 Å². The molecule has 0 radical (unpaired) electrons. The molecular weight excluding hydrogens is 507 g/mol. The van der Waals surface area contributed by atoms with E-state index in [0.29, 0.717) is 25.0 Å². The number of ether oxygens (including phenoxy) is 1. The summed E-state index contributed by atoms with van der Waals surface area (Å²) in [5, 5.41) is 0. The quantitative estimate of drug-likeness (QED) is 0.411. The topological polar surface area (TPSA) is 86.5 Å². The molecule has 3 rings (SSSR count). The Labute approximate surface area is 196 Å². The largest absolute Gasteiger partial charge is 0.430 e. The van der Waals surface area contributed by atoms with E-state index < -0.39 is 56.4 Å². The molecule has 0 heterocycles. The van der Waals surface area contributed by atoms with Crippen molar-refractivity contribution >= 4 is 15.7 Å². The molecule has 0 bridgehead atoms. The Morgan fingerprint density at radius 3 is 1.80 bits per heavy atom. The predicted octanol–water partition coefficient (Wildman–Crippen LogP) is 4.89. The highest BCUT2D eigenvalue weighted by atomic mass is 32.2. The van der Waals surface area contributed by atoms with Crippen LogP contribution in [0, 0.1) is 5.82 Å². The van der Waals surface area contributed by atoms with Gasteiger partial charge in [0.1, 0.15) is 17.2 Å². The molecule has 0 spiro atoms. The Morgan fingerprint density at radius 1 is 0.886 bits per heavy atom. The third kappa shape index (κ3) is 4.51. The third-order valence-electron chi connectivity index (χ3n) is 6.10. The number of primary amides is 1. The first-order valence-corrected chi connectivity index (χ1v) is 11.7. The van der Waals surface area contributed by atoms with Crippen LogP contribution < -0.4 is 5.73 Å². The second-order valence-electron chi connectivity index (χ2n) is 8.17. The Morgan fingerprint density at radius 2 is 1.37 bits per heavy atom. The van der Waals surface area contributed by atoms with Crippen LogP contribution in [-0.4, -0.2) is 33.3 Å². The second kappa shape index (κ2) is 9.08. The summed E-state index contributed by atoms with van der Waals surface area (Å²) in [7, 11) is -4.20. The second-order valence-corrected chi connectivity index (χ2v) is 10.4. The summed E-state index contributed by atoms with van der Waals surface area (Å²) in [5.41, 5.74) is -1.57. The number of carbonyl (C=O) groups is 1. The number of sulfone groups is 1. The van der Waals surface area contributed by atoms with E-state index in [0.717, 1.165) is 36.4 Å². The van der Waals surface area contributed by atoms with Crippen LogP contribution in [0.2, 0.25) is 0 Å². The van der Waals surface area contributed by atoms with E-state index in [1.165, 1.54) is 0 Å². The van der Waals surface area contributed by atoms with Gasteiger partial charge in [-0.15, -0.1) is 0 Å². The average Bonchev–Trinajstić information content (AvgIpc) is 3.24. The smallest absolute Gasteiger partial charge is 0.368 e. The van der Waals surface area contributed by atoms with E-state index in [1.54, 1.807) is 0 Å². The molecule has 192 valence electrons.